The van der Waals surface area contributed by atoms with E-state index in [-0.39, 0.29) is 17.9 Å². The van der Waals surface area contributed by atoms with E-state index in [2.05, 4.69) is 12.2 Å². The number of hydrogen-bond donors (Lipinski definition) is 1. The zero-order chi connectivity index (χ0) is 14.7. The molecule has 0 bridgehead atoms. The van der Waals surface area contributed by atoms with E-state index < -0.39 is 0 Å². The van der Waals surface area contributed by atoms with Crippen molar-refractivity contribution in [2.75, 3.05) is 26.7 Å². The van der Waals surface area contributed by atoms with Crippen molar-refractivity contribution < 1.29 is 14.3 Å². The summed E-state index contributed by atoms with van der Waals surface area (Å²) in [4.78, 5) is 25.2. The lowest BCUT2D eigenvalue weighted by Crippen LogP contribution is -2.40. The van der Waals surface area contributed by atoms with Gasteiger partial charge in [0.2, 0.25) is 5.91 Å². The monoisotopic (exact) mass is 272 g/mol. The fourth-order valence-corrected chi connectivity index (χ4v) is 1.94. The lowest BCUT2D eigenvalue weighted by atomic mass is 10.1. The molecule has 0 saturated carbocycles. The average Bonchev–Trinajstić information content (AvgIpc) is 2.43. The highest BCUT2D eigenvalue weighted by Crippen LogP contribution is 2.03. The summed E-state index contributed by atoms with van der Waals surface area (Å²) in [5, 5.41) is 3.12. The van der Waals surface area contributed by atoms with Gasteiger partial charge in [0.05, 0.1) is 7.11 Å². The summed E-state index contributed by atoms with van der Waals surface area (Å²) in [7, 11) is 1.39. The van der Waals surface area contributed by atoms with E-state index >= 15 is 0 Å². The van der Waals surface area contributed by atoms with Crippen LogP contribution >= 0.6 is 0 Å². The van der Waals surface area contributed by atoms with E-state index in [9.17, 15) is 9.59 Å². The molecule has 0 aromatic carbocycles. The van der Waals surface area contributed by atoms with Gasteiger partial charge in [-0.05, 0) is 20.3 Å². The Bertz CT molecular complexity index is 265. The number of methoxy groups -OCH3 is 1. The van der Waals surface area contributed by atoms with Crippen molar-refractivity contribution in [2.24, 2.45) is 0 Å². The zero-order valence-corrected chi connectivity index (χ0v) is 12.7. The van der Waals surface area contributed by atoms with E-state index in [4.69, 9.17) is 4.74 Å². The summed E-state index contributed by atoms with van der Waals surface area (Å²) >= 11 is 0. The van der Waals surface area contributed by atoms with Crippen molar-refractivity contribution in [3.05, 3.63) is 0 Å². The highest BCUT2D eigenvalue weighted by molar-refractivity contribution is 5.77. The molecule has 0 fully saturated rings. The Labute approximate surface area is 116 Å². The first kappa shape index (κ1) is 17.9. The number of rotatable bonds is 10. The number of esters is 1. The Balaban J connectivity index is 4.10. The van der Waals surface area contributed by atoms with Crippen molar-refractivity contribution in [1.29, 1.82) is 0 Å². The lowest BCUT2D eigenvalue weighted by molar-refractivity contribution is -0.143. The molecule has 1 unspecified atom stereocenters. The van der Waals surface area contributed by atoms with Gasteiger partial charge in [-0.3, -0.25) is 9.59 Å². The Kier molecular flexibility index (Phi) is 10.2. The van der Waals surface area contributed by atoms with Crippen LogP contribution in [0.15, 0.2) is 0 Å². The second-order valence-electron chi connectivity index (χ2n) is 4.49. The SMILES string of the molecule is CCCCC(NCCC(=O)N(CC)CC)C(=O)OC. The highest BCUT2D eigenvalue weighted by Gasteiger charge is 2.18. The molecule has 1 atom stereocenters. The summed E-state index contributed by atoms with van der Waals surface area (Å²) in [5.41, 5.74) is 0. The van der Waals surface area contributed by atoms with Crippen molar-refractivity contribution in [3.8, 4) is 0 Å². The smallest absolute Gasteiger partial charge is 0.322 e. The summed E-state index contributed by atoms with van der Waals surface area (Å²) in [6.07, 6.45) is 3.17. The number of nitrogens with zero attached hydrogens (tertiary/aromatic N) is 1. The molecule has 0 spiro atoms. The molecule has 0 aromatic heterocycles. The van der Waals surface area contributed by atoms with E-state index in [0.717, 1.165) is 32.4 Å². The van der Waals surface area contributed by atoms with Gasteiger partial charge < -0.3 is 15.0 Å². The average molecular weight is 272 g/mol. The molecule has 1 N–H and O–H groups in total. The van der Waals surface area contributed by atoms with Crippen LogP contribution in [-0.4, -0.2) is 49.6 Å². The van der Waals surface area contributed by atoms with Crippen molar-refractivity contribution in [1.82, 2.24) is 10.2 Å². The van der Waals surface area contributed by atoms with Gasteiger partial charge in [0.15, 0.2) is 0 Å². The predicted octanol–water partition coefficient (Wildman–Crippen LogP) is 1.57. The third-order valence-corrected chi connectivity index (χ3v) is 3.18. The Morgan fingerprint density at radius 3 is 2.32 bits per heavy atom. The molecule has 112 valence electrons. The first-order chi connectivity index (χ1) is 9.10. The predicted molar refractivity (Wildman–Crippen MR) is 75.9 cm³/mol. The van der Waals surface area contributed by atoms with Crippen LogP contribution in [-0.2, 0) is 14.3 Å². The normalized spacial score (nSPS) is 12.0. The number of hydrogen-bond acceptors (Lipinski definition) is 4. The van der Waals surface area contributed by atoms with Gasteiger partial charge in [-0.2, -0.15) is 0 Å². The first-order valence-corrected chi connectivity index (χ1v) is 7.19. The third kappa shape index (κ3) is 7.15. The van der Waals surface area contributed by atoms with Crippen LogP contribution in [0.4, 0.5) is 0 Å². The first-order valence-electron chi connectivity index (χ1n) is 7.19. The highest BCUT2D eigenvalue weighted by atomic mass is 16.5. The van der Waals surface area contributed by atoms with Gasteiger partial charge in [-0.1, -0.05) is 19.8 Å². The van der Waals surface area contributed by atoms with Gasteiger partial charge in [-0.25, -0.2) is 0 Å². The fraction of sp³-hybridized carbons (Fsp3) is 0.857. The van der Waals surface area contributed by atoms with Gasteiger partial charge >= 0.3 is 5.97 Å². The molecule has 19 heavy (non-hydrogen) atoms. The summed E-state index contributed by atoms with van der Waals surface area (Å²) in [5.74, 6) is -0.125. The van der Waals surface area contributed by atoms with E-state index in [1.807, 2.05) is 13.8 Å². The number of carbonyl (C=O) groups is 2. The van der Waals surface area contributed by atoms with E-state index in [1.165, 1.54) is 7.11 Å². The van der Waals surface area contributed by atoms with Crippen LogP contribution < -0.4 is 5.32 Å². The number of nitrogens with one attached hydrogen (secondary N) is 1. The minimum absolute atomic E-state index is 0.122. The second-order valence-corrected chi connectivity index (χ2v) is 4.49. The molecular formula is C14H28N2O3. The Morgan fingerprint density at radius 2 is 1.84 bits per heavy atom. The van der Waals surface area contributed by atoms with Crippen molar-refractivity contribution in [3.63, 3.8) is 0 Å². The largest absolute Gasteiger partial charge is 0.468 e. The number of carbonyl (C=O) groups excluding carboxylic acids is 2. The van der Waals surface area contributed by atoms with Gasteiger partial charge in [0.25, 0.3) is 0 Å². The van der Waals surface area contributed by atoms with Gasteiger partial charge in [0.1, 0.15) is 6.04 Å². The van der Waals surface area contributed by atoms with Crippen LogP contribution in [0.5, 0.6) is 0 Å². The van der Waals surface area contributed by atoms with Gasteiger partial charge in [-0.15, -0.1) is 0 Å². The van der Waals surface area contributed by atoms with Crippen LogP contribution in [0, 0.1) is 0 Å². The second kappa shape index (κ2) is 10.8. The molecule has 0 saturated heterocycles. The molecule has 1 amide bonds. The molecule has 0 aromatic rings. The summed E-state index contributed by atoms with van der Waals surface area (Å²) in [6, 6.07) is -0.297. The molecular weight excluding hydrogens is 244 g/mol. The molecule has 0 aliphatic heterocycles. The Morgan fingerprint density at radius 1 is 1.21 bits per heavy atom. The number of ether oxygens (including phenoxy) is 1. The lowest BCUT2D eigenvalue weighted by Gasteiger charge is -2.20. The molecule has 0 aliphatic rings. The maximum Gasteiger partial charge on any atom is 0.322 e. The minimum atomic E-state index is -0.297. The minimum Gasteiger partial charge on any atom is -0.468 e. The van der Waals surface area contributed by atoms with E-state index in [1.54, 1.807) is 4.90 Å². The van der Waals surface area contributed by atoms with Crippen molar-refractivity contribution in [2.45, 2.75) is 52.5 Å². The topological polar surface area (TPSA) is 58.6 Å². The third-order valence-electron chi connectivity index (χ3n) is 3.18. The maximum absolute atomic E-state index is 11.8. The number of unbranched alkanes of at least 4 members (excludes halogenated alkanes) is 1. The molecule has 0 radical (unpaired) electrons. The van der Waals surface area contributed by atoms with E-state index in [0.29, 0.717) is 13.0 Å². The molecule has 0 rings (SSSR count). The fourth-order valence-electron chi connectivity index (χ4n) is 1.94. The quantitative estimate of drug-likeness (QED) is 0.613. The molecule has 0 aliphatic carbocycles. The zero-order valence-electron chi connectivity index (χ0n) is 12.7. The summed E-state index contributed by atoms with van der Waals surface area (Å²) in [6.45, 7) is 7.98. The molecule has 0 heterocycles. The van der Waals surface area contributed by atoms with Crippen LogP contribution in [0.1, 0.15) is 46.5 Å². The van der Waals surface area contributed by atoms with Crippen LogP contribution in [0.3, 0.4) is 0 Å². The van der Waals surface area contributed by atoms with Gasteiger partial charge in [0, 0.05) is 26.1 Å². The maximum atomic E-state index is 11.8. The molecule has 5 nitrogen and oxygen atoms in total. The number of amides is 1. The van der Waals surface area contributed by atoms with Crippen LogP contribution in [0.2, 0.25) is 0 Å². The standard InChI is InChI=1S/C14H28N2O3/c1-5-8-9-12(14(18)19-4)15-11-10-13(17)16(6-2)7-3/h12,15H,5-11H2,1-4H3. The van der Waals surface area contributed by atoms with Crippen LogP contribution in [0.25, 0.3) is 0 Å². The Hall–Kier alpha value is -1.10. The molecule has 5 heteroatoms. The van der Waals surface area contributed by atoms with Crippen molar-refractivity contribution >= 4 is 11.9 Å². The summed E-state index contributed by atoms with van der Waals surface area (Å²) < 4.78 is 4.76.